The number of benzene rings is 3. The van der Waals surface area contributed by atoms with Crippen LogP contribution in [-0.4, -0.2) is 53.6 Å². The molecular formula is C28H24Cl3N4O4+. The third-order valence-corrected chi connectivity index (χ3v) is 7.73. The van der Waals surface area contributed by atoms with Crippen molar-refractivity contribution in [3.8, 4) is 0 Å². The summed E-state index contributed by atoms with van der Waals surface area (Å²) in [5.74, 6) is -0.179. The monoisotopic (exact) mass is 585 g/mol. The number of nitrogens with zero attached hydrogens (tertiary/aromatic N) is 4. The topological polar surface area (TPSA) is 74.9 Å². The van der Waals surface area contributed by atoms with Crippen molar-refractivity contribution in [1.82, 2.24) is 9.47 Å². The summed E-state index contributed by atoms with van der Waals surface area (Å²) in [5, 5.41) is 1.77. The van der Waals surface area contributed by atoms with Crippen molar-refractivity contribution in [2.24, 2.45) is 0 Å². The van der Waals surface area contributed by atoms with Gasteiger partial charge in [-0.1, -0.05) is 65.1 Å². The molecule has 0 atom stereocenters. The summed E-state index contributed by atoms with van der Waals surface area (Å²) in [4.78, 5) is 48.8. The van der Waals surface area contributed by atoms with Crippen LogP contribution in [0.25, 0.3) is 10.9 Å². The number of hydrogen-bond donors (Lipinski definition) is 0. The molecule has 0 N–H and O–H groups in total. The Bertz CT molecular complexity index is 1630. The van der Waals surface area contributed by atoms with Crippen LogP contribution in [0.5, 0.6) is 0 Å². The lowest BCUT2D eigenvalue weighted by Gasteiger charge is -2.36. The molecule has 1 fully saturated rings. The van der Waals surface area contributed by atoms with Gasteiger partial charge in [0.15, 0.2) is 7.11 Å². The Kier molecular flexibility index (Phi) is 7.79. The lowest BCUT2D eigenvalue weighted by Crippen LogP contribution is -2.49. The Labute approximate surface area is 239 Å². The minimum atomic E-state index is -0.491. The van der Waals surface area contributed by atoms with Crippen molar-refractivity contribution < 1.29 is 14.6 Å². The fourth-order valence-electron chi connectivity index (χ4n) is 4.84. The van der Waals surface area contributed by atoms with Crippen LogP contribution < -0.4 is 10.5 Å². The summed E-state index contributed by atoms with van der Waals surface area (Å²) in [6.07, 6.45) is 0. The SMILES string of the molecule is CO[N+](=O)c1c(N2CCN(C(=O)c3ccc(Cl)c(Cl)c3)CC2)c2cc(Cl)ccc2n(Cc2ccccc2)c1=O. The van der Waals surface area contributed by atoms with Crippen molar-refractivity contribution in [2.75, 3.05) is 38.2 Å². The van der Waals surface area contributed by atoms with Crippen LogP contribution in [0.2, 0.25) is 15.1 Å². The van der Waals surface area contributed by atoms with Gasteiger partial charge < -0.3 is 9.80 Å². The molecule has 0 bridgehead atoms. The van der Waals surface area contributed by atoms with E-state index in [0.29, 0.717) is 63.4 Å². The van der Waals surface area contributed by atoms with Gasteiger partial charge in [0.05, 0.1) is 27.0 Å². The number of aromatic nitrogens is 1. The van der Waals surface area contributed by atoms with Gasteiger partial charge in [-0.3, -0.25) is 14.2 Å². The van der Waals surface area contributed by atoms with Crippen LogP contribution in [0.3, 0.4) is 0 Å². The molecule has 0 aliphatic carbocycles. The van der Waals surface area contributed by atoms with E-state index >= 15 is 0 Å². The highest BCUT2D eigenvalue weighted by Crippen LogP contribution is 2.36. The maximum Gasteiger partial charge on any atom is 0.404 e. The quantitative estimate of drug-likeness (QED) is 0.261. The van der Waals surface area contributed by atoms with Gasteiger partial charge in [-0.25, -0.2) is 4.84 Å². The molecule has 2 heterocycles. The van der Waals surface area contributed by atoms with E-state index in [0.717, 1.165) is 5.56 Å². The first-order valence-corrected chi connectivity index (χ1v) is 13.3. The lowest BCUT2D eigenvalue weighted by molar-refractivity contribution is -0.736. The van der Waals surface area contributed by atoms with Crippen LogP contribution in [0.15, 0.2) is 71.5 Å². The predicted molar refractivity (Wildman–Crippen MR) is 154 cm³/mol. The van der Waals surface area contributed by atoms with Crippen molar-refractivity contribution in [3.63, 3.8) is 0 Å². The molecule has 0 spiro atoms. The molecule has 0 radical (unpaired) electrons. The minimum Gasteiger partial charge on any atom is -0.362 e. The van der Waals surface area contributed by atoms with E-state index in [9.17, 15) is 14.5 Å². The summed E-state index contributed by atoms with van der Waals surface area (Å²) in [5.41, 5.74) is 1.75. The maximum atomic E-state index is 13.8. The predicted octanol–water partition coefficient (Wildman–Crippen LogP) is 5.94. The Hall–Kier alpha value is -3.59. The third-order valence-electron chi connectivity index (χ3n) is 6.76. The van der Waals surface area contributed by atoms with Gasteiger partial charge in [0.25, 0.3) is 10.8 Å². The number of halogens is 3. The van der Waals surface area contributed by atoms with Crippen LogP contribution >= 0.6 is 34.8 Å². The van der Waals surface area contributed by atoms with Gasteiger partial charge in [0, 0.05) is 42.2 Å². The van der Waals surface area contributed by atoms with Crippen molar-refractivity contribution in [2.45, 2.75) is 6.54 Å². The van der Waals surface area contributed by atoms with E-state index < -0.39 is 5.56 Å². The van der Waals surface area contributed by atoms with E-state index in [1.54, 1.807) is 45.9 Å². The number of pyridine rings is 1. The summed E-state index contributed by atoms with van der Waals surface area (Å²) < 4.78 is 1.55. The maximum absolute atomic E-state index is 13.8. The van der Waals surface area contributed by atoms with Crippen LogP contribution in [-0.2, 0) is 11.4 Å². The van der Waals surface area contributed by atoms with Gasteiger partial charge in [-0.15, -0.1) is 0 Å². The second-order valence-electron chi connectivity index (χ2n) is 9.08. The number of anilines is 1. The van der Waals surface area contributed by atoms with Gasteiger partial charge in [-0.2, -0.15) is 0 Å². The highest BCUT2D eigenvalue weighted by Gasteiger charge is 2.36. The fraction of sp³-hybridized carbons (Fsp3) is 0.214. The molecular weight excluding hydrogens is 563 g/mol. The average Bonchev–Trinajstić information content (AvgIpc) is 2.95. The fourth-order valence-corrected chi connectivity index (χ4v) is 5.31. The average molecular weight is 587 g/mol. The zero-order chi connectivity index (χ0) is 27.7. The van der Waals surface area contributed by atoms with Crippen molar-refractivity contribution in [3.05, 3.63) is 108 Å². The zero-order valence-corrected chi connectivity index (χ0v) is 23.2. The number of hydrogen-bond acceptors (Lipinski definition) is 5. The molecule has 39 heavy (non-hydrogen) atoms. The largest absolute Gasteiger partial charge is 0.404 e. The summed E-state index contributed by atoms with van der Waals surface area (Å²) >= 11 is 18.5. The smallest absolute Gasteiger partial charge is 0.362 e. The van der Waals surface area contributed by atoms with E-state index in [1.807, 2.05) is 35.2 Å². The van der Waals surface area contributed by atoms with E-state index in [4.69, 9.17) is 39.6 Å². The first-order chi connectivity index (χ1) is 18.8. The molecule has 5 rings (SSSR count). The number of piperazine rings is 1. The second kappa shape index (κ2) is 11.3. The zero-order valence-electron chi connectivity index (χ0n) is 20.9. The Morgan fingerprint density at radius 3 is 2.31 bits per heavy atom. The van der Waals surface area contributed by atoms with E-state index in [2.05, 4.69) is 0 Å². The number of fused-ring (bicyclic) bond motifs is 1. The second-order valence-corrected chi connectivity index (χ2v) is 10.3. The van der Waals surface area contributed by atoms with E-state index in [-0.39, 0.29) is 23.1 Å². The summed E-state index contributed by atoms with van der Waals surface area (Å²) in [6.45, 7) is 1.73. The van der Waals surface area contributed by atoms with Crippen molar-refractivity contribution in [1.29, 1.82) is 0 Å². The first-order valence-electron chi connectivity index (χ1n) is 12.2. The normalized spacial score (nSPS) is 13.5. The third kappa shape index (κ3) is 5.32. The van der Waals surface area contributed by atoms with Crippen LogP contribution in [0.1, 0.15) is 15.9 Å². The van der Waals surface area contributed by atoms with Gasteiger partial charge in [0.2, 0.25) is 0 Å². The molecule has 11 heteroatoms. The molecule has 1 aromatic heterocycles. The molecule has 8 nitrogen and oxygen atoms in total. The van der Waals surface area contributed by atoms with E-state index in [1.165, 1.54) is 7.11 Å². The molecule has 1 amide bonds. The van der Waals surface area contributed by atoms with Gasteiger partial charge in [0.1, 0.15) is 5.69 Å². The molecule has 200 valence electrons. The summed E-state index contributed by atoms with van der Waals surface area (Å²) in [7, 11) is 1.22. The molecule has 1 aliphatic rings. The van der Waals surface area contributed by atoms with Crippen molar-refractivity contribution >= 4 is 63.0 Å². The Balaban J connectivity index is 1.55. The Morgan fingerprint density at radius 1 is 0.923 bits per heavy atom. The number of rotatable bonds is 6. The molecule has 3 aromatic carbocycles. The highest BCUT2D eigenvalue weighted by molar-refractivity contribution is 6.42. The Morgan fingerprint density at radius 2 is 1.64 bits per heavy atom. The number of amides is 1. The number of carbonyl (C=O) groups is 1. The summed E-state index contributed by atoms with van der Waals surface area (Å²) in [6, 6.07) is 19.5. The number of carbonyl (C=O) groups excluding carboxylic acids is 1. The highest BCUT2D eigenvalue weighted by atomic mass is 35.5. The minimum absolute atomic E-state index is 0.146. The molecule has 0 saturated carbocycles. The lowest BCUT2D eigenvalue weighted by atomic mass is 10.1. The van der Waals surface area contributed by atoms with Gasteiger partial charge >= 0.3 is 11.2 Å². The van der Waals surface area contributed by atoms with Crippen LogP contribution in [0, 0.1) is 4.91 Å². The first kappa shape index (κ1) is 27.0. The molecule has 1 aliphatic heterocycles. The molecule has 4 aromatic rings. The standard InChI is InChI=1S/C28H24Cl3N4O4/c1-39-35(38)26-25(32-11-13-33(14-12-32)27(36)19-7-9-22(30)23(31)15-19)21-16-20(29)8-10-24(21)34(28(26)37)17-18-5-3-2-4-6-18/h2-10,15-16H,11-14,17H2,1H3/q+1. The van der Waals surface area contributed by atoms with Gasteiger partial charge in [-0.05, 0) is 42.0 Å². The van der Waals surface area contributed by atoms with Crippen LogP contribution in [0.4, 0.5) is 11.4 Å². The molecule has 0 unspecified atom stereocenters. The molecule has 1 saturated heterocycles.